The van der Waals surface area contributed by atoms with E-state index in [4.69, 9.17) is 16.6 Å². The van der Waals surface area contributed by atoms with Gasteiger partial charge in [-0.15, -0.1) is 0 Å². The summed E-state index contributed by atoms with van der Waals surface area (Å²) in [6, 6.07) is 0. The van der Waals surface area contributed by atoms with Crippen LogP contribution in [-0.2, 0) is 14.4 Å². The van der Waals surface area contributed by atoms with Crippen molar-refractivity contribution in [2.24, 2.45) is 11.5 Å². The highest BCUT2D eigenvalue weighted by atomic mass is 16.4. The summed E-state index contributed by atoms with van der Waals surface area (Å²) >= 11 is 0. The molecule has 2 amide bonds. The molecule has 26 heavy (non-hydrogen) atoms. The average molecular weight is 373 g/mol. The van der Waals surface area contributed by atoms with Gasteiger partial charge in [0.15, 0.2) is 0 Å². The van der Waals surface area contributed by atoms with Crippen LogP contribution in [0.3, 0.4) is 0 Å². The fourth-order valence-electron chi connectivity index (χ4n) is 2.71. The van der Waals surface area contributed by atoms with Gasteiger partial charge in [0.05, 0.1) is 19.6 Å². The number of aliphatic carboxylic acids is 1. The van der Waals surface area contributed by atoms with E-state index in [9.17, 15) is 14.4 Å². The molecule has 0 saturated carbocycles. The number of carboxylic acid groups (broad SMARTS) is 1. The molecule has 0 atom stereocenters. The Morgan fingerprint density at radius 1 is 0.692 bits per heavy atom. The van der Waals surface area contributed by atoms with E-state index in [1.807, 2.05) is 21.6 Å². The highest BCUT2D eigenvalue weighted by Crippen LogP contribution is 1.99. The SMILES string of the molecule is CCCCN(CCN(CCN(CCC)CC(N)=O)CC(=O)O)CC(N)=O. The third-order valence-corrected chi connectivity index (χ3v) is 3.95. The molecule has 0 aromatic rings. The smallest absolute Gasteiger partial charge is 0.317 e. The van der Waals surface area contributed by atoms with Crippen molar-refractivity contribution < 1.29 is 19.5 Å². The van der Waals surface area contributed by atoms with Gasteiger partial charge in [-0.25, -0.2) is 0 Å². The predicted molar refractivity (Wildman–Crippen MR) is 101 cm³/mol. The molecule has 9 heteroatoms. The first kappa shape index (κ1) is 24.3. The lowest BCUT2D eigenvalue weighted by atomic mass is 10.3. The molecular weight excluding hydrogens is 338 g/mol. The lowest BCUT2D eigenvalue weighted by molar-refractivity contribution is -0.138. The number of hydrogen-bond acceptors (Lipinski definition) is 6. The van der Waals surface area contributed by atoms with Gasteiger partial charge in [-0.2, -0.15) is 0 Å². The van der Waals surface area contributed by atoms with Crippen LogP contribution in [0.25, 0.3) is 0 Å². The van der Waals surface area contributed by atoms with Gasteiger partial charge in [0, 0.05) is 26.2 Å². The summed E-state index contributed by atoms with van der Waals surface area (Å²) in [4.78, 5) is 39.2. The van der Waals surface area contributed by atoms with Gasteiger partial charge in [0.25, 0.3) is 0 Å². The molecule has 0 aromatic heterocycles. The molecule has 0 aliphatic rings. The average Bonchev–Trinajstić information content (AvgIpc) is 2.53. The minimum atomic E-state index is -0.906. The highest BCUT2D eigenvalue weighted by Gasteiger charge is 2.15. The molecule has 9 nitrogen and oxygen atoms in total. The van der Waals surface area contributed by atoms with Gasteiger partial charge in [-0.1, -0.05) is 20.3 Å². The van der Waals surface area contributed by atoms with E-state index in [1.165, 1.54) is 0 Å². The van der Waals surface area contributed by atoms with Crippen molar-refractivity contribution in [3.8, 4) is 0 Å². The Hall–Kier alpha value is -1.71. The summed E-state index contributed by atoms with van der Waals surface area (Å²) in [7, 11) is 0. The van der Waals surface area contributed by atoms with Crippen molar-refractivity contribution in [1.29, 1.82) is 0 Å². The van der Waals surface area contributed by atoms with E-state index < -0.39 is 11.9 Å². The van der Waals surface area contributed by atoms with E-state index >= 15 is 0 Å². The molecule has 0 aromatic carbocycles. The lowest BCUT2D eigenvalue weighted by Gasteiger charge is -2.28. The topological polar surface area (TPSA) is 133 Å². The van der Waals surface area contributed by atoms with Gasteiger partial charge >= 0.3 is 5.97 Å². The Kier molecular flexibility index (Phi) is 13.5. The van der Waals surface area contributed by atoms with Crippen molar-refractivity contribution in [2.75, 3.05) is 58.9 Å². The molecule has 0 bridgehead atoms. The van der Waals surface area contributed by atoms with Crippen molar-refractivity contribution >= 4 is 17.8 Å². The van der Waals surface area contributed by atoms with Gasteiger partial charge < -0.3 is 16.6 Å². The van der Waals surface area contributed by atoms with Crippen LogP contribution >= 0.6 is 0 Å². The number of unbranched alkanes of at least 4 members (excludes halogenated alkanes) is 1. The molecule has 0 unspecified atom stereocenters. The molecule has 0 aliphatic carbocycles. The van der Waals surface area contributed by atoms with Gasteiger partial charge in [0.1, 0.15) is 0 Å². The molecule has 0 spiro atoms. The standard InChI is InChI=1S/C17H35N5O4/c1-3-5-7-21(13-16(19)24)9-11-22(14-17(25)26)10-8-20(6-4-2)12-15(18)23/h3-14H2,1-2H3,(H2,18,23)(H2,19,24)(H,25,26). The van der Waals surface area contributed by atoms with Gasteiger partial charge in [-0.05, 0) is 25.9 Å². The van der Waals surface area contributed by atoms with Crippen LogP contribution in [0.15, 0.2) is 0 Å². The Morgan fingerprint density at radius 3 is 1.46 bits per heavy atom. The first-order chi connectivity index (χ1) is 12.3. The van der Waals surface area contributed by atoms with E-state index in [0.717, 1.165) is 32.4 Å². The first-order valence-corrected chi connectivity index (χ1v) is 9.23. The number of hydrogen-bond donors (Lipinski definition) is 3. The fourth-order valence-corrected chi connectivity index (χ4v) is 2.71. The van der Waals surface area contributed by atoms with Crippen LogP contribution in [0, 0.1) is 0 Å². The molecule has 0 heterocycles. The maximum absolute atomic E-state index is 11.2. The number of carbonyl (C=O) groups excluding carboxylic acids is 2. The summed E-state index contributed by atoms with van der Waals surface area (Å²) < 4.78 is 0. The van der Waals surface area contributed by atoms with E-state index in [1.54, 1.807) is 0 Å². The second-order valence-corrected chi connectivity index (χ2v) is 6.51. The molecule has 5 N–H and O–H groups in total. The molecule has 0 saturated heterocycles. The maximum atomic E-state index is 11.2. The minimum Gasteiger partial charge on any atom is -0.480 e. The molecule has 0 radical (unpaired) electrons. The highest BCUT2D eigenvalue weighted by molar-refractivity contribution is 5.76. The minimum absolute atomic E-state index is 0.0886. The van der Waals surface area contributed by atoms with Crippen molar-refractivity contribution in [3.63, 3.8) is 0 Å². The van der Waals surface area contributed by atoms with Crippen LogP contribution in [0.2, 0.25) is 0 Å². The predicted octanol–water partition coefficient (Wildman–Crippen LogP) is -0.842. The molecular formula is C17H35N5O4. The molecule has 152 valence electrons. The Balaban J connectivity index is 4.66. The maximum Gasteiger partial charge on any atom is 0.317 e. The van der Waals surface area contributed by atoms with Crippen molar-refractivity contribution in [3.05, 3.63) is 0 Å². The fraction of sp³-hybridized carbons (Fsp3) is 0.824. The van der Waals surface area contributed by atoms with E-state index in [2.05, 4.69) is 6.92 Å². The zero-order valence-electron chi connectivity index (χ0n) is 16.2. The molecule has 0 rings (SSSR count). The normalized spacial score (nSPS) is 11.4. The number of nitrogens with two attached hydrogens (primary N) is 2. The summed E-state index contributed by atoms with van der Waals surface area (Å²) in [5, 5.41) is 9.13. The summed E-state index contributed by atoms with van der Waals surface area (Å²) in [6.45, 7) is 7.97. The third kappa shape index (κ3) is 13.6. The monoisotopic (exact) mass is 373 g/mol. The number of amides is 2. The summed E-state index contributed by atoms with van der Waals surface area (Å²) in [5.41, 5.74) is 10.6. The third-order valence-electron chi connectivity index (χ3n) is 3.95. The second-order valence-electron chi connectivity index (χ2n) is 6.51. The second kappa shape index (κ2) is 14.5. The van der Waals surface area contributed by atoms with Crippen LogP contribution in [-0.4, -0.2) is 96.5 Å². The van der Waals surface area contributed by atoms with Crippen LogP contribution in [0.1, 0.15) is 33.1 Å². The summed E-state index contributed by atoms with van der Waals surface area (Å²) in [6.07, 6.45) is 2.85. The van der Waals surface area contributed by atoms with Crippen molar-refractivity contribution in [1.82, 2.24) is 14.7 Å². The Morgan fingerprint density at radius 2 is 1.12 bits per heavy atom. The zero-order chi connectivity index (χ0) is 19.9. The molecule has 0 aliphatic heterocycles. The van der Waals surface area contributed by atoms with Crippen LogP contribution < -0.4 is 11.5 Å². The number of carboxylic acids is 1. The van der Waals surface area contributed by atoms with Gasteiger partial charge in [-0.3, -0.25) is 29.1 Å². The quantitative estimate of drug-likeness (QED) is 0.303. The van der Waals surface area contributed by atoms with Crippen LogP contribution in [0.5, 0.6) is 0 Å². The largest absolute Gasteiger partial charge is 0.480 e. The number of carbonyl (C=O) groups is 3. The van der Waals surface area contributed by atoms with Gasteiger partial charge in [0.2, 0.25) is 11.8 Å². The number of nitrogens with zero attached hydrogens (tertiary/aromatic N) is 3. The summed E-state index contributed by atoms with van der Waals surface area (Å²) in [5.74, 6) is -1.69. The number of primary amides is 2. The van der Waals surface area contributed by atoms with Crippen molar-refractivity contribution in [2.45, 2.75) is 33.1 Å². The lowest BCUT2D eigenvalue weighted by Crippen LogP contribution is -2.45. The number of rotatable bonds is 17. The van der Waals surface area contributed by atoms with E-state index in [0.29, 0.717) is 26.2 Å². The Labute approximate surface area is 156 Å². The first-order valence-electron chi connectivity index (χ1n) is 9.23. The van der Waals surface area contributed by atoms with Crippen LogP contribution in [0.4, 0.5) is 0 Å². The zero-order valence-corrected chi connectivity index (χ0v) is 16.2. The Bertz CT molecular complexity index is 433. The molecule has 0 fully saturated rings. The van der Waals surface area contributed by atoms with E-state index in [-0.39, 0.29) is 25.5 Å².